The zero-order chi connectivity index (χ0) is 13.8. The van der Waals surface area contributed by atoms with Crippen LogP contribution in [0.5, 0.6) is 0 Å². The number of benzene rings is 1. The van der Waals surface area contributed by atoms with E-state index in [0.29, 0.717) is 0 Å². The van der Waals surface area contributed by atoms with Gasteiger partial charge >= 0.3 is 11.5 Å². The summed E-state index contributed by atoms with van der Waals surface area (Å²) in [6, 6.07) is 3.55. The molecule has 0 unspecified atom stereocenters. The SMILES string of the molecule is O=C(O)c1c(F)cccc1NCCSC(F)(F)F. The first kappa shape index (κ1) is 14.6. The van der Waals surface area contributed by atoms with Gasteiger partial charge in [-0.2, -0.15) is 13.2 Å². The van der Waals surface area contributed by atoms with Gasteiger partial charge in [-0.3, -0.25) is 0 Å². The van der Waals surface area contributed by atoms with Crippen LogP contribution in [0.2, 0.25) is 0 Å². The molecule has 8 heteroatoms. The summed E-state index contributed by atoms with van der Waals surface area (Å²) >= 11 is -0.232. The second-order valence-corrected chi connectivity index (χ2v) is 4.35. The lowest BCUT2D eigenvalue weighted by Crippen LogP contribution is -2.13. The van der Waals surface area contributed by atoms with Crippen LogP contribution in [-0.2, 0) is 0 Å². The Morgan fingerprint density at radius 3 is 2.61 bits per heavy atom. The van der Waals surface area contributed by atoms with Crippen molar-refractivity contribution in [3.63, 3.8) is 0 Å². The number of hydrogen-bond acceptors (Lipinski definition) is 3. The second-order valence-electron chi connectivity index (χ2n) is 3.19. The number of anilines is 1. The zero-order valence-corrected chi connectivity index (χ0v) is 9.74. The molecule has 0 saturated heterocycles. The summed E-state index contributed by atoms with van der Waals surface area (Å²) in [7, 11) is 0. The second kappa shape index (κ2) is 5.94. The minimum atomic E-state index is -4.33. The molecule has 100 valence electrons. The van der Waals surface area contributed by atoms with Crippen molar-refractivity contribution in [1.29, 1.82) is 0 Å². The zero-order valence-electron chi connectivity index (χ0n) is 8.92. The number of nitrogens with one attached hydrogen (secondary N) is 1. The lowest BCUT2D eigenvalue weighted by molar-refractivity contribution is -0.0327. The van der Waals surface area contributed by atoms with Gasteiger partial charge in [-0.05, 0) is 23.9 Å². The molecule has 0 aliphatic carbocycles. The summed E-state index contributed by atoms with van der Waals surface area (Å²) in [5, 5.41) is 11.2. The first-order chi connectivity index (χ1) is 8.31. The number of carbonyl (C=O) groups is 1. The van der Waals surface area contributed by atoms with Crippen molar-refractivity contribution in [2.75, 3.05) is 17.6 Å². The summed E-state index contributed by atoms with van der Waals surface area (Å²) in [5.74, 6) is -2.70. The molecule has 0 fully saturated rings. The minimum Gasteiger partial charge on any atom is -0.478 e. The molecule has 0 aromatic heterocycles. The van der Waals surface area contributed by atoms with Crippen LogP contribution in [-0.4, -0.2) is 28.9 Å². The fourth-order valence-electron chi connectivity index (χ4n) is 1.24. The molecule has 0 saturated carbocycles. The molecule has 1 rings (SSSR count). The molecular formula is C10H9F4NO2S. The van der Waals surface area contributed by atoms with Gasteiger partial charge in [0.15, 0.2) is 0 Å². The van der Waals surface area contributed by atoms with Crippen LogP contribution in [0.25, 0.3) is 0 Å². The standard InChI is InChI=1S/C10H9F4NO2S/c11-6-2-1-3-7(8(6)9(16)17)15-4-5-18-10(12,13)14/h1-3,15H,4-5H2,(H,16,17). The van der Waals surface area contributed by atoms with Gasteiger partial charge in [-0.15, -0.1) is 0 Å². The quantitative estimate of drug-likeness (QED) is 0.643. The average molecular weight is 283 g/mol. The van der Waals surface area contributed by atoms with E-state index < -0.39 is 22.9 Å². The van der Waals surface area contributed by atoms with Crippen molar-refractivity contribution in [2.24, 2.45) is 0 Å². The van der Waals surface area contributed by atoms with Crippen LogP contribution in [0.4, 0.5) is 23.2 Å². The van der Waals surface area contributed by atoms with Crippen molar-refractivity contribution in [2.45, 2.75) is 5.51 Å². The molecule has 2 N–H and O–H groups in total. The Hall–Kier alpha value is -1.44. The average Bonchev–Trinajstić information content (AvgIpc) is 2.22. The van der Waals surface area contributed by atoms with Crippen LogP contribution < -0.4 is 5.32 Å². The highest BCUT2D eigenvalue weighted by Gasteiger charge is 2.27. The number of aromatic carboxylic acids is 1. The minimum absolute atomic E-state index is 0.0368. The van der Waals surface area contributed by atoms with E-state index in [1.54, 1.807) is 0 Å². The maximum absolute atomic E-state index is 13.2. The lowest BCUT2D eigenvalue weighted by Gasteiger charge is -2.10. The molecular weight excluding hydrogens is 274 g/mol. The Labute approximate surface area is 104 Å². The van der Waals surface area contributed by atoms with Crippen LogP contribution in [0.3, 0.4) is 0 Å². The van der Waals surface area contributed by atoms with E-state index in [1.807, 2.05) is 0 Å². The van der Waals surface area contributed by atoms with Crippen molar-refractivity contribution in [3.8, 4) is 0 Å². The smallest absolute Gasteiger partial charge is 0.441 e. The van der Waals surface area contributed by atoms with Crippen LogP contribution in [0.1, 0.15) is 10.4 Å². The number of rotatable bonds is 5. The third-order valence-corrected chi connectivity index (χ3v) is 2.65. The Morgan fingerprint density at radius 2 is 2.06 bits per heavy atom. The van der Waals surface area contributed by atoms with E-state index in [2.05, 4.69) is 5.32 Å². The van der Waals surface area contributed by atoms with E-state index in [4.69, 9.17) is 5.11 Å². The third-order valence-electron chi connectivity index (χ3n) is 1.91. The molecule has 1 aromatic carbocycles. The van der Waals surface area contributed by atoms with Gasteiger partial charge in [-0.1, -0.05) is 6.07 Å². The summed E-state index contributed by atoms with van der Waals surface area (Å²) < 4.78 is 48.7. The van der Waals surface area contributed by atoms with Crippen molar-refractivity contribution < 1.29 is 27.5 Å². The van der Waals surface area contributed by atoms with E-state index >= 15 is 0 Å². The van der Waals surface area contributed by atoms with Gasteiger partial charge in [0.25, 0.3) is 0 Å². The Morgan fingerprint density at radius 1 is 1.39 bits per heavy atom. The molecule has 18 heavy (non-hydrogen) atoms. The highest BCUT2D eigenvalue weighted by atomic mass is 32.2. The van der Waals surface area contributed by atoms with E-state index in [9.17, 15) is 22.4 Å². The van der Waals surface area contributed by atoms with Crippen LogP contribution in [0.15, 0.2) is 18.2 Å². The number of hydrogen-bond donors (Lipinski definition) is 2. The van der Waals surface area contributed by atoms with Gasteiger partial charge in [-0.25, -0.2) is 9.18 Å². The Kier molecular flexibility index (Phi) is 4.83. The van der Waals surface area contributed by atoms with Gasteiger partial charge < -0.3 is 10.4 Å². The number of thioether (sulfide) groups is 1. The van der Waals surface area contributed by atoms with Crippen molar-refractivity contribution in [1.82, 2.24) is 0 Å². The highest BCUT2D eigenvalue weighted by Crippen LogP contribution is 2.29. The predicted molar refractivity (Wildman–Crippen MR) is 60.4 cm³/mol. The summed E-state index contributed by atoms with van der Waals surface area (Å²) in [6.45, 7) is -0.117. The largest absolute Gasteiger partial charge is 0.478 e. The first-order valence-electron chi connectivity index (χ1n) is 4.77. The maximum atomic E-state index is 13.2. The van der Waals surface area contributed by atoms with Crippen molar-refractivity contribution in [3.05, 3.63) is 29.6 Å². The molecule has 1 aromatic rings. The number of carboxylic acid groups (broad SMARTS) is 1. The molecule has 0 radical (unpaired) electrons. The molecule has 0 atom stereocenters. The monoisotopic (exact) mass is 283 g/mol. The molecule has 0 spiro atoms. The Bertz CT molecular complexity index is 436. The van der Waals surface area contributed by atoms with Gasteiger partial charge in [0.05, 0.1) is 5.69 Å². The number of halogens is 4. The lowest BCUT2D eigenvalue weighted by atomic mass is 10.1. The van der Waals surface area contributed by atoms with Gasteiger partial charge in [0, 0.05) is 12.3 Å². The van der Waals surface area contributed by atoms with Crippen LogP contribution >= 0.6 is 11.8 Å². The third kappa shape index (κ3) is 4.44. The molecule has 0 aliphatic rings. The van der Waals surface area contributed by atoms with Gasteiger partial charge in [0.2, 0.25) is 0 Å². The predicted octanol–water partition coefficient (Wildman–Crippen LogP) is 3.19. The first-order valence-corrected chi connectivity index (χ1v) is 5.76. The summed E-state index contributed by atoms with van der Waals surface area (Å²) in [6.07, 6.45) is 0. The molecule has 0 amide bonds. The van der Waals surface area contributed by atoms with Crippen molar-refractivity contribution >= 4 is 23.4 Å². The normalized spacial score (nSPS) is 11.3. The summed E-state index contributed by atoms with van der Waals surface area (Å²) in [5.41, 5.74) is -4.95. The van der Waals surface area contributed by atoms with Gasteiger partial charge in [0.1, 0.15) is 11.4 Å². The Balaban J connectivity index is 2.63. The number of carboxylic acids is 1. The van der Waals surface area contributed by atoms with E-state index in [-0.39, 0.29) is 29.7 Å². The molecule has 3 nitrogen and oxygen atoms in total. The van der Waals surface area contributed by atoms with Crippen LogP contribution in [0, 0.1) is 5.82 Å². The summed E-state index contributed by atoms with van der Waals surface area (Å²) in [4.78, 5) is 10.8. The fourth-order valence-corrected chi connectivity index (χ4v) is 1.68. The molecule has 0 heterocycles. The maximum Gasteiger partial charge on any atom is 0.441 e. The van der Waals surface area contributed by atoms with E-state index in [1.165, 1.54) is 12.1 Å². The molecule has 0 aliphatic heterocycles. The van der Waals surface area contributed by atoms with E-state index in [0.717, 1.165) is 6.07 Å². The highest BCUT2D eigenvalue weighted by molar-refractivity contribution is 8.00. The molecule has 0 bridgehead atoms. The number of alkyl halides is 3. The topological polar surface area (TPSA) is 49.3 Å². The fraction of sp³-hybridized carbons (Fsp3) is 0.300.